The second-order valence-electron chi connectivity index (χ2n) is 7.23. The van der Waals surface area contributed by atoms with E-state index in [1.54, 1.807) is 0 Å². The van der Waals surface area contributed by atoms with Crippen LogP contribution in [0.25, 0.3) is 0 Å². The molecule has 1 aliphatic heterocycles. The van der Waals surface area contributed by atoms with Gasteiger partial charge in [0.1, 0.15) is 5.76 Å². The minimum Gasteiger partial charge on any atom is -0.361 e. The Kier molecular flexibility index (Phi) is 4.34. The summed E-state index contributed by atoms with van der Waals surface area (Å²) in [6.45, 7) is 7.33. The maximum absolute atomic E-state index is 12.6. The van der Waals surface area contributed by atoms with E-state index in [9.17, 15) is 4.79 Å². The molecule has 0 spiro atoms. The summed E-state index contributed by atoms with van der Waals surface area (Å²) in [7, 11) is 0. The van der Waals surface area contributed by atoms with Gasteiger partial charge in [-0.2, -0.15) is 0 Å². The van der Waals surface area contributed by atoms with Crippen LogP contribution in [0.5, 0.6) is 0 Å². The molecule has 2 aliphatic rings. The average Bonchev–Trinajstić information content (AvgIpc) is 3.20. The van der Waals surface area contributed by atoms with Crippen LogP contribution in [0.2, 0.25) is 0 Å². The van der Waals surface area contributed by atoms with E-state index >= 15 is 0 Å². The summed E-state index contributed by atoms with van der Waals surface area (Å²) < 4.78 is 5.17. The predicted octanol–water partition coefficient (Wildman–Crippen LogP) is 2.15. The molecule has 5 nitrogen and oxygen atoms in total. The van der Waals surface area contributed by atoms with Crippen molar-refractivity contribution in [2.75, 3.05) is 26.2 Å². The number of rotatable bonds is 3. The van der Waals surface area contributed by atoms with Gasteiger partial charge in [-0.05, 0) is 37.8 Å². The van der Waals surface area contributed by atoms with E-state index < -0.39 is 0 Å². The number of carbonyl (C=O) groups excluding carboxylic acids is 1. The minimum atomic E-state index is 0.184. The van der Waals surface area contributed by atoms with Crippen molar-refractivity contribution in [3.05, 3.63) is 52.4 Å². The first kappa shape index (κ1) is 16.3. The van der Waals surface area contributed by atoms with Crippen molar-refractivity contribution in [2.24, 2.45) is 0 Å². The standard InChI is InChI=1S/C20H25N3O2/c1-14-19(15(2)25-21-14)13-20(24)23-9-7-22(8-10-23)18-11-16-5-3-4-6-17(16)12-18/h3-6,18H,7-13H2,1-2H3. The van der Waals surface area contributed by atoms with Crippen LogP contribution in [-0.4, -0.2) is 53.1 Å². The normalized spacial score (nSPS) is 18.6. The Balaban J connectivity index is 1.32. The van der Waals surface area contributed by atoms with E-state index in [0.29, 0.717) is 12.5 Å². The predicted molar refractivity (Wildman–Crippen MR) is 95.5 cm³/mol. The van der Waals surface area contributed by atoms with Crippen LogP contribution in [0.3, 0.4) is 0 Å². The second kappa shape index (κ2) is 6.64. The maximum Gasteiger partial charge on any atom is 0.227 e. The van der Waals surface area contributed by atoms with E-state index in [4.69, 9.17) is 4.52 Å². The monoisotopic (exact) mass is 339 g/mol. The Labute approximate surface area is 148 Å². The summed E-state index contributed by atoms with van der Waals surface area (Å²) in [4.78, 5) is 17.2. The smallest absolute Gasteiger partial charge is 0.227 e. The van der Waals surface area contributed by atoms with Gasteiger partial charge in [0.2, 0.25) is 5.91 Å². The van der Waals surface area contributed by atoms with E-state index in [2.05, 4.69) is 34.3 Å². The van der Waals surface area contributed by atoms with E-state index in [1.807, 2.05) is 18.7 Å². The van der Waals surface area contributed by atoms with Crippen molar-refractivity contribution in [3.8, 4) is 0 Å². The molecule has 0 saturated carbocycles. The highest BCUT2D eigenvalue weighted by atomic mass is 16.5. The zero-order valence-electron chi connectivity index (χ0n) is 15.0. The number of benzene rings is 1. The highest BCUT2D eigenvalue weighted by molar-refractivity contribution is 5.79. The van der Waals surface area contributed by atoms with Crippen molar-refractivity contribution in [2.45, 2.75) is 39.2 Å². The number of piperazine rings is 1. The molecular weight excluding hydrogens is 314 g/mol. The molecule has 0 bridgehead atoms. The number of hydrogen-bond acceptors (Lipinski definition) is 4. The molecule has 25 heavy (non-hydrogen) atoms. The topological polar surface area (TPSA) is 49.6 Å². The van der Waals surface area contributed by atoms with Crippen LogP contribution in [-0.2, 0) is 24.1 Å². The Morgan fingerprint density at radius 1 is 1.12 bits per heavy atom. The molecule has 1 aromatic carbocycles. The number of fused-ring (bicyclic) bond motifs is 1. The molecule has 5 heteroatoms. The summed E-state index contributed by atoms with van der Waals surface area (Å²) in [5.74, 6) is 0.942. The highest BCUT2D eigenvalue weighted by Gasteiger charge is 2.30. The third kappa shape index (κ3) is 3.21. The molecular formula is C20H25N3O2. The summed E-state index contributed by atoms with van der Waals surface area (Å²) in [5, 5.41) is 3.94. The van der Waals surface area contributed by atoms with E-state index in [0.717, 1.165) is 56.0 Å². The molecule has 1 amide bonds. The molecule has 0 unspecified atom stereocenters. The van der Waals surface area contributed by atoms with Gasteiger partial charge in [-0.25, -0.2) is 0 Å². The fourth-order valence-corrected chi connectivity index (χ4v) is 4.15. The van der Waals surface area contributed by atoms with Crippen molar-refractivity contribution < 1.29 is 9.32 Å². The lowest BCUT2D eigenvalue weighted by atomic mass is 10.1. The average molecular weight is 339 g/mol. The lowest BCUT2D eigenvalue weighted by Crippen LogP contribution is -2.52. The second-order valence-corrected chi connectivity index (χ2v) is 7.23. The number of amides is 1. The quantitative estimate of drug-likeness (QED) is 0.860. The molecule has 2 heterocycles. The van der Waals surface area contributed by atoms with Crippen molar-refractivity contribution in [1.29, 1.82) is 0 Å². The van der Waals surface area contributed by atoms with E-state index in [-0.39, 0.29) is 5.91 Å². The molecule has 1 fully saturated rings. The van der Waals surface area contributed by atoms with Crippen LogP contribution in [0.4, 0.5) is 0 Å². The molecule has 1 saturated heterocycles. The Morgan fingerprint density at radius 3 is 2.32 bits per heavy atom. The number of carbonyl (C=O) groups is 1. The lowest BCUT2D eigenvalue weighted by molar-refractivity contribution is -0.132. The molecule has 0 N–H and O–H groups in total. The Hall–Kier alpha value is -2.14. The largest absolute Gasteiger partial charge is 0.361 e. The Morgan fingerprint density at radius 2 is 1.76 bits per heavy atom. The highest BCUT2D eigenvalue weighted by Crippen LogP contribution is 2.26. The lowest BCUT2D eigenvalue weighted by Gasteiger charge is -2.38. The fraction of sp³-hybridized carbons (Fsp3) is 0.500. The zero-order valence-corrected chi connectivity index (χ0v) is 15.0. The van der Waals surface area contributed by atoms with Gasteiger partial charge >= 0.3 is 0 Å². The van der Waals surface area contributed by atoms with Crippen LogP contribution >= 0.6 is 0 Å². The molecule has 0 radical (unpaired) electrons. The number of hydrogen-bond donors (Lipinski definition) is 0. The summed E-state index contributed by atoms with van der Waals surface area (Å²) in [6.07, 6.45) is 2.68. The zero-order chi connectivity index (χ0) is 17.4. The fourth-order valence-electron chi connectivity index (χ4n) is 4.15. The Bertz CT molecular complexity index is 730. The first-order valence-electron chi connectivity index (χ1n) is 9.12. The SMILES string of the molecule is Cc1noc(C)c1CC(=O)N1CCN(C2Cc3ccccc3C2)CC1. The molecule has 1 aromatic heterocycles. The number of aryl methyl sites for hydroxylation is 2. The van der Waals surface area contributed by atoms with Gasteiger partial charge in [-0.1, -0.05) is 29.4 Å². The van der Waals surface area contributed by atoms with E-state index in [1.165, 1.54) is 11.1 Å². The third-order valence-corrected chi connectivity index (χ3v) is 5.72. The van der Waals surface area contributed by atoms with Crippen molar-refractivity contribution in [1.82, 2.24) is 15.0 Å². The van der Waals surface area contributed by atoms with Crippen LogP contribution in [0, 0.1) is 13.8 Å². The number of nitrogens with zero attached hydrogens (tertiary/aromatic N) is 3. The van der Waals surface area contributed by atoms with Crippen LogP contribution in [0.15, 0.2) is 28.8 Å². The van der Waals surface area contributed by atoms with Gasteiger partial charge in [0.25, 0.3) is 0 Å². The van der Waals surface area contributed by atoms with Crippen LogP contribution in [0.1, 0.15) is 28.1 Å². The van der Waals surface area contributed by atoms with Gasteiger partial charge in [0, 0.05) is 37.8 Å². The van der Waals surface area contributed by atoms with Gasteiger partial charge in [0.05, 0.1) is 12.1 Å². The first-order valence-corrected chi connectivity index (χ1v) is 9.12. The molecule has 4 rings (SSSR count). The molecule has 2 aromatic rings. The maximum atomic E-state index is 12.6. The van der Waals surface area contributed by atoms with Gasteiger partial charge in [-0.3, -0.25) is 9.69 Å². The van der Waals surface area contributed by atoms with Gasteiger partial charge in [0.15, 0.2) is 0 Å². The summed E-state index contributed by atoms with van der Waals surface area (Å²) in [6, 6.07) is 9.36. The molecule has 1 aliphatic carbocycles. The van der Waals surface area contributed by atoms with Crippen molar-refractivity contribution >= 4 is 5.91 Å². The summed E-state index contributed by atoms with van der Waals surface area (Å²) in [5.41, 5.74) is 4.75. The number of aromatic nitrogens is 1. The first-order chi connectivity index (χ1) is 12.1. The van der Waals surface area contributed by atoms with Gasteiger partial charge in [-0.15, -0.1) is 0 Å². The summed E-state index contributed by atoms with van der Waals surface area (Å²) >= 11 is 0. The van der Waals surface area contributed by atoms with Crippen molar-refractivity contribution in [3.63, 3.8) is 0 Å². The third-order valence-electron chi connectivity index (χ3n) is 5.72. The molecule has 0 atom stereocenters. The van der Waals surface area contributed by atoms with Gasteiger partial charge < -0.3 is 9.42 Å². The van der Waals surface area contributed by atoms with Crippen LogP contribution < -0.4 is 0 Å². The molecule has 132 valence electrons. The minimum absolute atomic E-state index is 0.184.